The summed E-state index contributed by atoms with van der Waals surface area (Å²) in [6, 6.07) is 25.6. The molecule has 0 aliphatic carbocycles. The summed E-state index contributed by atoms with van der Waals surface area (Å²) < 4.78 is 53.9. The summed E-state index contributed by atoms with van der Waals surface area (Å²) in [5.41, 5.74) is 2.30. The van der Waals surface area contributed by atoms with Gasteiger partial charge >= 0.3 is 0 Å². The fourth-order valence-corrected chi connectivity index (χ4v) is 6.06. The van der Waals surface area contributed by atoms with E-state index in [1.165, 1.54) is 24.3 Å². The van der Waals surface area contributed by atoms with Gasteiger partial charge in [-0.2, -0.15) is 19.3 Å². The highest BCUT2D eigenvalue weighted by atomic mass is 32.1. The minimum Gasteiger partial charge on any atom is -0.247 e. The first-order chi connectivity index (χ1) is 21.5. The molecule has 0 bridgehead atoms. The highest BCUT2D eigenvalue weighted by molar-refractivity contribution is 7.00. The van der Waals surface area contributed by atoms with Crippen LogP contribution in [-0.2, 0) is 0 Å². The molecule has 6 nitrogen and oxygen atoms in total. The van der Waals surface area contributed by atoms with Crippen molar-refractivity contribution in [1.29, 1.82) is 10.5 Å². The number of rotatable bonds is 3. The Hall–Kier alpha value is -6.15. The maximum Gasteiger partial charge on any atom is 0.194 e. The van der Waals surface area contributed by atoms with Crippen molar-refractivity contribution in [1.82, 2.24) is 13.7 Å². The van der Waals surface area contributed by atoms with Crippen LogP contribution in [0.1, 0.15) is 11.1 Å². The molecule has 0 atom stereocenters. The summed E-state index contributed by atoms with van der Waals surface area (Å²) in [7, 11) is 0. The lowest BCUT2D eigenvalue weighted by Crippen LogP contribution is -2.03. The smallest absolute Gasteiger partial charge is 0.194 e. The fourth-order valence-electron chi connectivity index (χ4n) is 5.50. The van der Waals surface area contributed by atoms with Crippen LogP contribution < -0.4 is 0 Å². The second-order valence-electron chi connectivity index (χ2n) is 9.78. The summed E-state index contributed by atoms with van der Waals surface area (Å²) in [5, 5.41) is 20.9. The first-order valence-electron chi connectivity index (χ1n) is 13.0. The molecule has 2 heterocycles. The number of nitrogens with zero attached hydrogens (tertiary/aromatic N) is 6. The third-order valence-electron chi connectivity index (χ3n) is 7.50. The summed E-state index contributed by atoms with van der Waals surface area (Å²) in [4.78, 5) is 8.65. The number of benzene rings is 5. The number of halogens is 3. The molecule has 0 aliphatic heterocycles. The zero-order valence-corrected chi connectivity index (χ0v) is 23.0. The van der Waals surface area contributed by atoms with Crippen LogP contribution >= 0.6 is 11.7 Å². The molecule has 0 unspecified atom stereocenters. The largest absolute Gasteiger partial charge is 0.247 e. The standard InChI is InChI=1S/C34H13F3N6S/c1-40-25-8-4-2-6-19(25)21-14-22-28(34-33(21)42-44-43-34)20-7-3-5-9-26(20)41-32(22)18-12-10-17(11-13-18)27-30(36)23(15-38)29(35)24(16-39)31(27)37/h2-14H. The molecule has 7 aromatic rings. The SMILES string of the molecule is [C-]#[N+]c1ccccc1-c1cc2c(-c3ccc(-c4c(F)c(C#N)c(F)c(C#N)c4F)cc3)nc3ccccc3c2c2nsnc12. The predicted molar refractivity (Wildman–Crippen MR) is 162 cm³/mol. The van der Waals surface area contributed by atoms with E-state index >= 15 is 8.78 Å². The molecule has 0 fully saturated rings. The maximum absolute atomic E-state index is 15.1. The molecule has 0 spiro atoms. The predicted octanol–water partition coefficient (Wildman–Crippen LogP) is 9.11. The molecule has 2 aromatic heterocycles. The Morgan fingerprint density at radius 3 is 2.05 bits per heavy atom. The second kappa shape index (κ2) is 10.3. The van der Waals surface area contributed by atoms with Gasteiger partial charge in [0.2, 0.25) is 0 Å². The van der Waals surface area contributed by atoms with E-state index in [0.29, 0.717) is 44.6 Å². The van der Waals surface area contributed by atoms with E-state index in [2.05, 4.69) is 13.6 Å². The third kappa shape index (κ3) is 3.89. The van der Waals surface area contributed by atoms with Crippen molar-refractivity contribution < 1.29 is 13.2 Å². The second-order valence-corrected chi connectivity index (χ2v) is 10.3. The van der Waals surface area contributed by atoms with Gasteiger partial charge in [0, 0.05) is 27.3 Å². The number of fused-ring (bicyclic) bond motifs is 5. The van der Waals surface area contributed by atoms with Gasteiger partial charge in [-0.05, 0) is 23.3 Å². The van der Waals surface area contributed by atoms with Crippen LogP contribution in [0.2, 0.25) is 0 Å². The Kier molecular flexibility index (Phi) is 6.25. The van der Waals surface area contributed by atoms with Crippen LogP contribution in [0.4, 0.5) is 18.9 Å². The van der Waals surface area contributed by atoms with Crippen molar-refractivity contribution in [3.8, 4) is 45.6 Å². The summed E-state index contributed by atoms with van der Waals surface area (Å²) in [6.07, 6.45) is 0. The minimum absolute atomic E-state index is 0.0135. The maximum atomic E-state index is 15.1. The lowest BCUT2D eigenvalue weighted by atomic mass is 9.92. The van der Waals surface area contributed by atoms with Gasteiger partial charge in [0.15, 0.2) is 23.1 Å². The van der Waals surface area contributed by atoms with Gasteiger partial charge in [-0.3, -0.25) is 0 Å². The van der Waals surface area contributed by atoms with E-state index in [9.17, 15) is 14.9 Å². The zero-order chi connectivity index (χ0) is 30.5. The van der Waals surface area contributed by atoms with Crippen molar-refractivity contribution in [3.05, 3.63) is 119 Å². The van der Waals surface area contributed by atoms with Gasteiger partial charge in [0.05, 0.1) is 35.1 Å². The van der Waals surface area contributed by atoms with Crippen LogP contribution in [0.15, 0.2) is 78.9 Å². The monoisotopic (exact) mass is 594 g/mol. The van der Waals surface area contributed by atoms with Crippen LogP contribution in [-0.4, -0.2) is 13.7 Å². The summed E-state index contributed by atoms with van der Waals surface area (Å²) in [6.45, 7) is 7.71. The Balaban J connectivity index is 1.51. The molecule has 10 heteroatoms. The van der Waals surface area contributed by atoms with Gasteiger partial charge in [-0.15, -0.1) is 0 Å². The van der Waals surface area contributed by atoms with E-state index in [1.807, 2.05) is 42.5 Å². The minimum atomic E-state index is -1.53. The molecule has 206 valence electrons. The highest BCUT2D eigenvalue weighted by Crippen LogP contribution is 2.43. The molecule has 0 saturated carbocycles. The van der Waals surface area contributed by atoms with E-state index in [4.69, 9.17) is 11.6 Å². The average Bonchev–Trinajstić information content (AvgIpc) is 3.55. The number of para-hydroxylation sites is 2. The van der Waals surface area contributed by atoms with Gasteiger partial charge in [0.25, 0.3) is 0 Å². The van der Waals surface area contributed by atoms with Crippen molar-refractivity contribution in [2.75, 3.05) is 0 Å². The van der Waals surface area contributed by atoms with Gasteiger partial charge < -0.3 is 0 Å². The number of pyridine rings is 1. The summed E-state index contributed by atoms with van der Waals surface area (Å²) >= 11 is 1.07. The third-order valence-corrected chi connectivity index (χ3v) is 8.03. The summed E-state index contributed by atoms with van der Waals surface area (Å²) in [5.74, 6) is -4.30. The molecular formula is C34H13F3N6S. The molecule has 0 amide bonds. The van der Waals surface area contributed by atoms with Crippen LogP contribution in [0.5, 0.6) is 0 Å². The number of aromatic nitrogens is 3. The molecule has 0 aliphatic rings. The molecular weight excluding hydrogens is 581 g/mol. The first kappa shape index (κ1) is 26.7. The first-order valence-corrected chi connectivity index (χ1v) is 13.8. The molecule has 5 aromatic carbocycles. The van der Waals surface area contributed by atoms with Gasteiger partial charge in [0.1, 0.15) is 34.3 Å². The Morgan fingerprint density at radius 1 is 0.705 bits per heavy atom. The lowest BCUT2D eigenvalue weighted by Gasteiger charge is -2.14. The van der Waals surface area contributed by atoms with Gasteiger partial charge in [-0.1, -0.05) is 66.7 Å². The van der Waals surface area contributed by atoms with E-state index in [1.54, 1.807) is 24.3 Å². The molecule has 7 rings (SSSR count). The average molecular weight is 595 g/mol. The topological polar surface area (TPSA) is 90.6 Å². The Morgan fingerprint density at radius 2 is 1.34 bits per heavy atom. The van der Waals surface area contributed by atoms with E-state index in [0.717, 1.165) is 27.9 Å². The van der Waals surface area contributed by atoms with Crippen molar-refractivity contribution in [2.24, 2.45) is 0 Å². The molecule has 0 saturated heterocycles. The molecule has 44 heavy (non-hydrogen) atoms. The van der Waals surface area contributed by atoms with Crippen molar-refractivity contribution >= 4 is 50.1 Å². The fraction of sp³-hybridized carbons (Fsp3) is 0. The van der Waals surface area contributed by atoms with Crippen LogP contribution in [0.25, 0.3) is 71.1 Å². The Labute approximate surface area is 251 Å². The normalized spacial score (nSPS) is 11.0. The molecule has 0 radical (unpaired) electrons. The number of hydrogen-bond donors (Lipinski definition) is 0. The Bertz CT molecular complexity index is 2430. The highest BCUT2D eigenvalue weighted by Gasteiger charge is 2.26. The number of nitriles is 2. The van der Waals surface area contributed by atoms with E-state index in [-0.39, 0.29) is 5.56 Å². The lowest BCUT2D eigenvalue weighted by molar-refractivity contribution is 0.539. The molecule has 0 N–H and O–H groups in total. The van der Waals surface area contributed by atoms with Gasteiger partial charge in [-0.25, -0.2) is 23.0 Å². The quantitative estimate of drug-likeness (QED) is 0.150. The van der Waals surface area contributed by atoms with E-state index < -0.39 is 34.1 Å². The van der Waals surface area contributed by atoms with Crippen LogP contribution in [0, 0.1) is 46.7 Å². The number of hydrogen-bond acceptors (Lipinski definition) is 6. The van der Waals surface area contributed by atoms with Crippen LogP contribution in [0.3, 0.4) is 0 Å². The van der Waals surface area contributed by atoms with Crippen molar-refractivity contribution in [3.63, 3.8) is 0 Å². The van der Waals surface area contributed by atoms with Crippen molar-refractivity contribution in [2.45, 2.75) is 0 Å². The zero-order valence-electron chi connectivity index (χ0n) is 22.2.